The molecule has 94 valence electrons. The van der Waals surface area contributed by atoms with Gasteiger partial charge in [0.05, 0.1) is 5.69 Å². The second-order valence-electron chi connectivity index (χ2n) is 4.42. The predicted molar refractivity (Wildman–Crippen MR) is 67.1 cm³/mol. The summed E-state index contributed by atoms with van der Waals surface area (Å²) in [5.74, 6) is -0.702. The number of anilines is 1. The van der Waals surface area contributed by atoms with Crippen molar-refractivity contribution in [3.63, 3.8) is 0 Å². The van der Waals surface area contributed by atoms with Crippen molar-refractivity contribution >= 4 is 17.4 Å². The number of halogens is 1. The van der Waals surface area contributed by atoms with Gasteiger partial charge < -0.3 is 4.90 Å². The summed E-state index contributed by atoms with van der Waals surface area (Å²) in [4.78, 5) is 24.9. The Morgan fingerprint density at radius 3 is 2.83 bits per heavy atom. The van der Waals surface area contributed by atoms with Gasteiger partial charge in [0.15, 0.2) is 5.78 Å². The summed E-state index contributed by atoms with van der Waals surface area (Å²) in [5, 5.41) is 0. The Balaban J connectivity index is 2.42. The van der Waals surface area contributed by atoms with Crippen molar-refractivity contribution < 1.29 is 14.0 Å². The monoisotopic (exact) mass is 247 g/mol. The molecule has 1 fully saturated rings. The van der Waals surface area contributed by atoms with E-state index in [9.17, 15) is 14.0 Å². The summed E-state index contributed by atoms with van der Waals surface area (Å²) in [7, 11) is 0. The third kappa shape index (κ3) is 2.18. The highest BCUT2D eigenvalue weighted by molar-refractivity contribution is 6.05. The standard InChI is InChI=1S/C14H14FNO2/c1-3-10-6-14(18)16(8-10)13-5-4-11(15)7-12(13)9(2)17/h3-5,7,10H,1,6,8H2,2H3. The van der Waals surface area contributed by atoms with Crippen molar-refractivity contribution in [1.29, 1.82) is 0 Å². The van der Waals surface area contributed by atoms with Crippen LogP contribution in [0.5, 0.6) is 0 Å². The molecule has 0 radical (unpaired) electrons. The maximum Gasteiger partial charge on any atom is 0.227 e. The third-order valence-corrected chi connectivity index (χ3v) is 3.12. The molecule has 1 aromatic carbocycles. The van der Waals surface area contributed by atoms with Crippen LogP contribution in [0.3, 0.4) is 0 Å². The molecule has 1 saturated heterocycles. The van der Waals surface area contributed by atoms with Crippen molar-refractivity contribution in [1.82, 2.24) is 0 Å². The number of amides is 1. The average Bonchev–Trinajstić information content (AvgIpc) is 2.70. The van der Waals surface area contributed by atoms with E-state index >= 15 is 0 Å². The summed E-state index contributed by atoms with van der Waals surface area (Å²) >= 11 is 0. The fraction of sp³-hybridized carbons (Fsp3) is 0.286. The fourth-order valence-electron chi connectivity index (χ4n) is 2.15. The second-order valence-corrected chi connectivity index (χ2v) is 4.42. The van der Waals surface area contributed by atoms with Gasteiger partial charge in [0.2, 0.25) is 5.91 Å². The SMILES string of the molecule is C=CC1CC(=O)N(c2ccc(F)cc2C(C)=O)C1. The zero-order chi connectivity index (χ0) is 13.3. The highest BCUT2D eigenvalue weighted by atomic mass is 19.1. The zero-order valence-corrected chi connectivity index (χ0v) is 10.1. The smallest absolute Gasteiger partial charge is 0.227 e. The van der Waals surface area contributed by atoms with Crippen LogP contribution in [0.15, 0.2) is 30.9 Å². The minimum atomic E-state index is -0.476. The van der Waals surface area contributed by atoms with Crippen LogP contribution in [-0.2, 0) is 4.79 Å². The second kappa shape index (κ2) is 4.72. The van der Waals surface area contributed by atoms with E-state index in [2.05, 4.69) is 6.58 Å². The number of benzene rings is 1. The number of ketones is 1. The quantitative estimate of drug-likeness (QED) is 0.608. The fourth-order valence-corrected chi connectivity index (χ4v) is 2.15. The molecule has 1 aliphatic heterocycles. The minimum Gasteiger partial charge on any atom is -0.311 e. The van der Waals surface area contributed by atoms with E-state index in [0.29, 0.717) is 18.7 Å². The van der Waals surface area contributed by atoms with Crippen molar-refractivity contribution in [3.05, 3.63) is 42.2 Å². The van der Waals surface area contributed by atoms with Crippen LogP contribution >= 0.6 is 0 Å². The molecule has 0 bridgehead atoms. The van der Waals surface area contributed by atoms with Crippen molar-refractivity contribution in [2.45, 2.75) is 13.3 Å². The van der Waals surface area contributed by atoms with Crippen LogP contribution in [0.2, 0.25) is 0 Å². The van der Waals surface area contributed by atoms with E-state index in [1.807, 2.05) is 0 Å². The van der Waals surface area contributed by atoms with Crippen LogP contribution in [0.1, 0.15) is 23.7 Å². The number of nitrogens with zero attached hydrogens (tertiary/aromatic N) is 1. The van der Waals surface area contributed by atoms with Crippen molar-refractivity contribution in [2.24, 2.45) is 5.92 Å². The molecule has 0 aromatic heterocycles. The van der Waals surface area contributed by atoms with E-state index in [1.165, 1.54) is 30.0 Å². The Hall–Kier alpha value is -1.97. The topological polar surface area (TPSA) is 37.4 Å². The van der Waals surface area contributed by atoms with Crippen LogP contribution in [0, 0.1) is 11.7 Å². The first-order chi connectivity index (χ1) is 8.52. The van der Waals surface area contributed by atoms with Crippen LogP contribution in [-0.4, -0.2) is 18.2 Å². The Morgan fingerprint density at radius 1 is 1.56 bits per heavy atom. The van der Waals surface area contributed by atoms with Gasteiger partial charge in [0.1, 0.15) is 5.82 Å². The Morgan fingerprint density at radius 2 is 2.28 bits per heavy atom. The lowest BCUT2D eigenvalue weighted by Crippen LogP contribution is -2.26. The summed E-state index contributed by atoms with van der Waals surface area (Å²) < 4.78 is 13.2. The summed E-state index contributed by atoms with van der Waals surface area (Å²) in [5.41, 5.74) is 0.728. The molecule has 1 atom stereocenters. The molecule has 0 aliphatic carbocycles. The molecular weight excluding hydrogens is 233 g/mol. The van der Waals surface area contributed by atoms with E-state index in [4.69, 9.17) is 0 Å². The zero-order valence-electron chi connectivity index (χ0n) is 10.1. The van der Waals surface area contributed by atoms with Crippen molar-refractivity contribution in [3.8, 4) is 0 Å². The summed E-state index contributed by atoms with van der Waals surface area (Å²) in [6.07, 6.45) is 2.12. The molecular formula is C14H14FNO2. The molecule has 3 nitrogen and oxygen atoms in total. The van der Waals surface area contributed by atoms with Gasteiger partial charge in [-0.2, -0.15) is 0 Å². The van der Waals surface area contributed by atoms with E-state index < -0.39 is 5.82 Å². The van der Waals surface area contributed by atoms with Gasteiger partial charge >= 0.3 is 0 Å². The van der Waals surface area contributed by atoms with E-state index in [0.717, 1.165) is 0 Å². The largest absolute Gasteiger partial charge is 0.311 e. The predicted octanol–water partition coefficient (Wildman–Crippen LogP) is 2.57. The van der Waals surface area contributed by atoms with Gasteiger partial charge in [-0.05, 0) is 25.1 Å². The minimum absolute atomic E-state index is 0.0611. The molecule has 18 heavy (non-hydrogen) atoms. The Kier molecular flexibility index (Phi) is 3.28. The number of carbonyl (C=O) groups excluding carboxylic acids is 2. The highest BCUT2D eigenvalue weighted by Crippen LogP contribution is 2.29. The molecule has 0 saturated carbocycles. The van der Waals surface area contributed by atoms with Gasteiger partial charge in [-0.3, -0.25) is 9.59 Å². The number of rotatable bonds is 3. The molecule has 0 N–H and O–H groups in total. The molecule has 1 aliphatic rings. The molecule has 1 unspecified atom stereocenters. The van der Waals surface area contributed by atoms with E-state index in [-0.39, 0.29) is 23.2 Å². The Bertz CT molecular complexity index is 525. The number of carbonyl (C=O) groups is 2. The maximum atomic E-state index is 13.2. The molecule has 4 heteroatoms. The number of hydrogen-bond donors (Lipinski definition) is 0. The summed E-state index contributed by atoms with van der Waals surface area (Å²) in [6.45, 7) is 5.53. The van der Waals surface area contributed by atoms with Gasteiger partial charge in [0, 0.05) is 24.4 Å². The molecule has 2 rings (SSSR count). The lowest BCUT2D eigenvalue weighted by Gasteiger charge is -2.19. The number of Topliss-reactive ketones (excluding diaryl/α,β-unsaturated/α-hetero) is 1. The normalized spacial score (nSPS) is 19.1. The van der Waals surface area contributed by atoms with Crippen molar-refractivity contribution in [2.75, 3.05) is 11.4 Å². The lowest BCUT2D eigenvalue weighted by atomic mass is 10.1. The van der Waals surface area contributed by atoms with Gasteiger partial charge in [-0.15, -0.1) is 6.58 Å². The molecule has 1 amide bonds. The average molecular weight is 247 g/mol. The lowest BCUT2D eigenvalue weighted by molar-refractivity contribution is -0.117. The van der Waals surface area contributed by atoms with E-state index in [1.54, 1.807) is 6.08 Å². The Labute approximate surface area is 105 Å². The summed E-state index contributed by atoms with van der Waals surface area (Å²) in [6, 6.07) is 3.91. The first-order valence-corrected chi connectivity index (χ1v) is 5.76. The first kappa shape index (κ1) is 12.5. The molecule has 1 heterocycles. The van der Waals surface area contributed by atoms with Gasteiger partial charge in [-0.25, -0.2) is 4.39 Å². The third-order valence-electron chi connectivity index (χ3n) is 3.12. The van der Waals surface area contributed by atoms with Crippen LogP contribution < -0.4 is 4.90 Å². The van der Waals surface area contributed by atoms with Gasteiger partial charge in [0.25, 0.3) is 0 Å². The van der Waals surface area contributed by atoms with Gasteiger partial charge in [-0.1, -0.05) is 6.08 Å². The van der Waals surface area contributed by atoms with Crippen LogP contribution in [0.4, 0.5) is 10.1 Å². The first-order valence-electron chi connectivity index (χ1n) is 5.76. The maximum absolute atomic E-state index is 13.2. The van der Waals surface area contributed by atoms with Crippen LogP contribution in [0.25, 0.3) is 0 Å². The molecule has 1 aromatic rings. The molecule has 0 spiro atoms. The highest BCUT2D eigenvalue weighted by Gasteiger charge is 2.30. The number of hydrogen-bond acceptors (Lipinski definition) is 2.